The van der Waals surface area contributed by atoms with Crippen molar-refractivity contribution in [3.05, 3.63) is 23.7 Å². The second-order valence-corrected chi connectivity index (χ2v) is 4.50. The quantitative estimate of drug-likeness (QED) is 0.809. The van der Waals surface area contributed by atoms with Gasteiger partial charge in [-0.15, -0.1) is 0 Å². The highest BCUT2D eigenvalue weighted by Crippen LogP contribution is 2.24. The van der Waals surface area contributed by atoms with Crippen LogP contribution in [0, 0.1) is 6.92 Å². The molecule has 1 saturated heterocycles. The zero-order valence-corrected chi connectivity index (χ0v) is 9.82. The van der Waals surface area contributed by atoms with Crippen LogP contribution in [-0.2, 0) is 11.3 Å². The van der Waals surface area contributed by atoms with Gasteiger partial charge in [-0.05, 0) is 25.5 Å². The number of hydrogen-bond acceptors (Lipinski definition) is 4. The lowest BCUT2D eigenvalue weighted by molar-refractivity contribution is -0.0265. The van der Waals surface area contributed by atoms with Crippen molar-refractivity contribution in [3.8, 4) is 0 Å². The highest BCUT2D eigenvalue weighted by atomic mass is 16.5. The zero-order chi connectivity index (χ0) is 11.6. The van der Waals surface area contributed by atoms with E-state index < -0.39 is 5.60 Å². The summed E-state index contributed by atoms with van der Waals surface area (Å²) in [5, 5.41) is 13.5. The van der Waals surface area contributed by atoms with Crippen molar-refractivity contribution < 1.29 is 14.3 Å². The summed E-state index contributed by atoms with van der Waals surface area (Å²) in [6, 6.07) is 1.94. The summed E-state index contributed by atoms with van der Waals surface area (Å²) in [5.41, 5.74) is 0.399. The molecular weight excluding hydrogens is 206 g/mol. The molecule has 2 unspecified atom stereocenters. The van der Waals surface area contributed by atoms with Gasteiger partial charge in [0.1, 0.15) is 11.4 Å². The van der Waals surface area contributed by atoms with Gasteiger partial charge >= 0.3 is 0 Å². The van der Waals surface area contributed by atoms with Gasteiger partial charge in [-0.1, -0.05) is 0 Å². The van der Waals surface area contributed by atoms with Gasteiger partial charge in [0.15, 0.2) is 0 Å². The monoisotopic (exact) mass is 225 g/mol. The van der Waals surface area contributed by atoms with Crippen LogP contribution < -0.4 is 5.32 Å². The minimum absolute atomic E-state index is 0.0994. The van der Waals surface area contributed by atoms with Gasteiger partial charge in [-0.2, -0.15) is 0 Å². The van der Waals surface area contributed by atoms with Crippen LogP contribution in [0.1, 0.15) is 24.7 Å². The molecule has 0 amide bonds. The van der Waals surface area contributed by atoms with Crippen molar-refractivity contribution in [1.29, 1.82) is 0 Å². The fourth-order valence-corrected chi connectivity index (χ4v) is 1.98. The fraction of sp³-hybridized carbons (Fsp3) is 0.667. The molecule has 2 rings (SSSR count). The number of furan rings is 1. The lowest BCUT2D eigenvalue weighted by Gasteiger charge is -2.26. The first kappa shape index (κ1) is 11.6. The molecule has 0 saturated carbocycles. The Bertz CT molecular complexity index is 350. The first-order valence-corrected chi connectivity index (χ1v) is 5.69. The first-order chi connectivity index (χ1) is 7.62. The highest BCUT2D eigenvalue weighted by molar-refractivity contribution is 5.14. The van der Waals surface area contributed by atoms with Crippen molar-refractivity contribution >= 4 is 0 Å². The second-order valence-electron chi connectivity index (χ2n) is 4.50. The summed E-state index contributed by atoms with van der Waals surface area (Å²) in [5.74, 6) is 0.926. The van der Waals surface area contributed by atoms with Crippen molar-refractivity contribution in [1.82, 2.24) is 5.32 Å². The molecule has 1 fully saturated rings. The SMILES string of the molecule is Cc1ccoc1CNCC1(O)CCOC1C. The molecule has 16 heavy (non-hydrogen) atoms. The smallest absolute Gasteiger partial charge is 0.120 e. The Morgan fingerprint density at radius 2 is 2.44 bits per heavy atom. The van der Waals surface area contributed by atoms with Crippen molar-refractivity contribution in [2.24, 2.45) is 0 Å². The summed E-state index contributed by atoms with van der Waals surface area (Å²) in [6.07, 6.45) is 2.28. The molecule has 0 aliphatic carbocycles. The third-order valence-electron chi connectivity index (χ3n) is 3.34. The predicted octanol–water partition coefficient (Wildman–Crippen LogP) is 1.22. The minimum Gasteiger partial charge on any atom is -0.468 e. The normalized spacial score (nSPS) is 29.8. The molecule has 90 valence electrons. The largest absolute Gasteiger partial charge is 0.468 e. The van der Waals surface area contributed by atoms with E-state index >= 15 is 0 Å². The van der Waals surface area contributed by atoms with Gasteiger partial charge in [-0.25, -0.2) is 0 Å². The molecule has 0 aromatic carbocycles. The number of rotatable bonds is 4. The zero-order valence-electron chi connectivity index (χ0n) is 9.82. The highest BCUT2D eigenvalue weighted by Gasteiger charge is 2.38. The molecule has 0 spiro atoms. The molecule has 2 heterocycles. The summed E-state index contributed by atoms with van der Waals surface area (Å²) >= 11 is 0. The van der Waals surface area contributed by atoms with Crippen LogP contribution in [0.25, 0.3) is 0 Å². The van der Waals surface area contributed by atoms with Gasteiger partial charge in [0.2, 0.25) is 0 Å². The summed E-state index contributed by atoms with van der Waals surface area (Å²) in [6.45, 7) is 5.74. The number of hydrogen-bond donors (Lipinski definition) is 2. The Kier molecular flexibility index (Phi) is 3.33. The van der Waals surface area contributed by atoms with E-state index in [1.807, 2.05) is 19.9 Å². The van der Waals surface area contributed by atoms with Crippen molar-refractivity contribution in [2.75, 3.05) is 13.2 Å². The van der Waals surface area contributed by atoms with Crippen LogP contribution in [0.3, 0.4) is 0 Å². The van der Waals surface area contributed by atoms with Crippen LogP contribution in [-0.4, -0.2) is 30.0 Å². The number of aliphatic hydroxyl groups is 1. The van der Waals surface area contributed by atoms with Crippen LogP contribution in [0.15, 0.2) is 16.7 Å². The Morgan fingerprint density at radius 3 is 3.00 bits per heavy atom. The van der Waals surface area contributed by atoms with Crippen molar-refractivity contribution in [2.45, 2.75) is 38.5 Å². The first-order valence-electron chi connectivity index (χ1n) is 5.69. The van der Waals surface area contributed by atoms with E-state index in [-0.39, 0.29) is 6.10 Å². The van der Waals surface area contributed by atoms with E-state index in [1.54, 1.807) is 6.26 Å². The van der Waals surface area contributed by atoms with E-state index in [1.165, 1.54) is 0 Å². The Morgan fingerprint density at radius 1 is 1.62 bits per heavy atom. The summed E-state index contributed by atoms with van der Waals surface area (Å²) < 4.78 is 10.7. The van der Waals surface area contributed by atoms with E-state index in [4.69, 9.17) is 9.15 Å². The molecule has 2 N–H and O–H groups in total. The Balaban J connectivity index is 1.82. The summed E-state index contributed by atoms with van der Waals surface area (Å²) in [4.78, 5) is 0. The lowest BCUT2D eigenvalue weighted by atomic mass is 9.97. The number of aryl methyl sites for hydroxylation is 1. The molecule has 1 aliphatic heterocycles. The molecule has 0 radical (unpaired) electrons. The molecule has 2 atom stereocenters. The predicted molar refractivity (Wildman–Crippen MR) is 60.1 cm³/mol. The minimum atomic E-state index is -0.736. The van der Waals surface area contributed by atoms with Crippen LogP contribution >= 0.6 is 0 Å². The molecule has 0 bridgehead atoms. The summed E-state index contributed by atoms with van der Waals surface area (Å²) in [7, 11) is 0. The molecular formula is C12H19NO3. The Hall–Kier alpha value is -0.840. The average Bonchev–Trinajstić information content (AvgIpc) is 2.77. The van der Waals surface area contributed by atoms with E-state index in [9.17, 15) is 5.11 Å². The third kappa shape index (κ3) is 2.29. The van der Waals surface area contributed by atoms with Crippen LogP contribution in [0.2, 0.25) is 0 Å². The standard InChI is InChI=1S/C12H19NO3/c1-9-3-5-16-11(9)7-13-8-12(14)4-6-15-10(12)2/h3,5,10,13-14H,4,6-8H2,1-2H3. The molecule has 1 aromatic rings. The molecule has 1 aromatic heterocycles. The van der Waals surface area contributed by atoms with Crippen LogP contribution in [0.4, 0.5) is 0 Å². The van der Waals surface area contributed by atoms with Gasteiger partial charge in [0, 0.05) is 19.6 Å². The fourth-order valence-electron chi connectivity index (χ4n) is 1.98. The lowest BCUT2D eigenvalue weighted by Crippen LogP contribution is -2.45. The molecule has 1 aliphatic rings. The maximum atomic E-state index is 10.2. The number of ether oxygens (including phenoxy) is 1. The van der Waals surface area contributed by atoms with Gasteiger partial charge < -0.3 is 19.6 Å². The number of nitrogens with one attached hydrogen (secondary N) is 1. The third-order valence-corrected chi connectivity index (χ3v) is 3.34. The van der Waals surface area contributed by atoms with Gasteiger partial charge in [0.05, 0.1) is 18.9 Å². The van der Waals surface area contributed by atoms with Gasteiger partial charge in [-0.3, -0.25) is 0 Å². The average molecular weight is 225 g/mol. The van der Waals surface area contributed by atoms with Gasteiger partial charge in [0.25, 0.3) is 0 Å². The van der Waals surface area contributed by atoms with Crippen LogP contribution in [0.5, 0.6) is 0 Å². The van der Waals surface area contributed by atoms with E-state index in [2.05, 4.69) is 5.32 Å². The van der Waals surface area contributed by atoms with E-state index in [0.29, 0.717) is 26.1 Å². The second kappa shape index (κ2) is 4.57. The topological polar surface area (TPSA) is 54.6 Å². The maximum Gasteiger partial charge on any atom is 0.120 e. The van der Waals surface area contributed by atoms with E-state index in [0.717, 1.165) is 11.3 Å². The van der Waals surface area contributed by atoms with Crippen molar-refractivity contribution in [3.63, 3.8) is 0 Å². The Labute approximate surface area is 95.6 Å². The molecule has 4 nitrogen and oxygen atoms in total. The molecule has 4 heteroatoms. The maximum absolute atomic E-state index is 10.2.